The van der Waals surface area contributed by atoms with Gasteiger partial charge in [-0.3, -0.25) is 19.2 Å². The molecule has 36 heavy (non-hydrogen) atoms. The number of piperidine rings is 1. The fourth-order valence-corrected chi connectivity index (χ4v) is 5.37. The van der Waals surface area contributed by atoms with E-state index in [1.807, 2.05) is 53.1 Å². The van der Waals surface area contributed by atoms with Crippen molar-refractivity contribution in [3.8, 4) is 17.1 Å². The first kappa shape index (κ1) is 24.2. The Morgan fingerprint density at radius 1 is 0.972 bits per heavy atom. The highest BCUT2D eigenvalue weighted by molar-refractivity contribution is 7.99. The van der Waals surface area contributed by atoms with Crippen LogP contribution in [0.4, 0.5) is 0 Å². The Morgan fingerprint density at radius 2 is 1.78 bits per heavy atom. The molecule has 5 rings (SSSR count). The molecule has 1 aliphatic rings. The standard InChI is InChI=1S/C28H30N6OS/c35-26(30-19-25-15-7-8-17-33(25)20-22-10-3-1-4-11-22)21-36-28-32-31-27(23-12-9-16-29-18-23)34(28)24-13-5-2-6-14-24/h1-6,9-14,16,18,25H,7-8,15,17,19-21H2,(H,30,35). The van der Waals surface area contributed by atoms with Gasteiger partial charge in [-0.05, 0) is 49.2 Å². The van der Waals surface area contributed by atoms with Gasteiger partial charge in [0.2, 0.25) is 5.91 Å². The van der Waals surface area contributed by atoms with Crippen molar-refractivity contribution >= 4 is 17.7 Å². The van der Waals surface area contributed by atoms with Crippen molar-refractivity contribution in [1.82, 2.24) is 30.0 Å². The summed E-state index contributed by atoms with van der Waals surface area (Å²) in [5.41, 5.74) is 3.14. The number of carbonyl (C=O) groups is 1. The molecule has 1 N–H and O–H groups in total. The van der Waals surface area contributed by atoms with Crippen molar-refractivity contribution in [2.45, 2.75) is 37.0 Å². The van der Waals surface area contributed by atoms with Gasteiger partial charge in [-0.25, -0.2) is 0 Å². The third kappa shape index (κ3) is 6.01. The van der Waals surface area contributed by atoms with Gasteiger partial charge in [0.25, 0.3) is 0 Å². The van der Waals surface area contributed by atoms with Crippen LogP contribution in [-0.4, -0.2) is 55.4 Å². The lowest BCUT2D eigenvalue weighted by Gasteiger charge is -2.35. The average Bonchev–Trinajstić information content (AvgIpc) is 3.37. The second-order valence-electron chi connectivity index (χ2n) is 8.92. The third-order valence-corrected chi connectivity index (χ3v) is 7.34. The highest BCUT2D eigenvalue weighted by Crippen LogP contribution is 2.27. The summed E-state index contributed by atoms with van der Waals surface area (Å²) >= 11 is 1.40. The molecule has 184 valence electrons. The smallest absolute Gasteiger partial charge is 0.230 e. The predicted molar refractivity (Wildman–Crippen MR) is 143 cm³/mol. The second-order valence-corrected chi connectivity index (χ2v) is 9.86. The van der Waals surface area contributed by atoms with Gasteiger partial charge in [0.15, 0.2) is 11.0 Å². The van der Waals surface area contributed by atoms with Crippen molar-refractivity contribution in [1.29, 1.82) is 0 Å². The number of amides is 1. The minimum absolute atomic E-state index is 0.00998. The maximum atomic E-state index is 12.8. The van der Waals surface area contributed by atoms with Gasteiger partial charge >= 0.3 is 0 Å². The highest BCUT2D eigenvalue weighted by Gasteiger charge is 2.23. The van der Waals surface area contributed by atoms with E-state index in [4.69, 9.17) is 0 Å². The van der Waals surface area contributed by atoms with E-state index in [0.29, 0.717) is 23.6 Å². The summed E-state index contributed by atoms with van der Waals surface area (Å²) < 4.78 is 1.98. The monoisotopic (exact) mass is 498 g/mol. The SMILES string of the molecule is O=C(CSc1nnc(-c2cccnc2)n1-c1ccccc1)NCC1CCCCN1Cc1ccccc1. The largest absolute Gasteiger partial charge is 0.354 e. The summed E-state index contributed by atoms with van der Waals surface area (Å²) in [7, 11) is 0. The summed E-state index contributed by atoms with van der Waals surface area (Å²) in [5, 5.41) is 12.7. The van der Waals surface area contributed by atoms with Crippen LogP contribution < -0.4 is 5.32 Å². The molecule has 7 nitrogen and oxygen atoms in total. The number of para-hydroxylation sites is 1. The lowest BCUT2D eigenvalue weighted by atomic mass is 10.0. The Labute approximate surface area is 216 Å². The molecular weight excluding hydrogens is 468 g/mol. The number of likely N-dealkylation sites (tertiary alicyclic amines) is 1. The van der Waals surface area contributed by atoms with Crippen LogP contribution in [0.1, 0.15) is 24.8 Å². The zero-order valence-electron chi connectivity index (χ0n) is 20.2. The molecule has 0 saturated carbocycles. The van der Waals surface area contributed by atoms with Crippen molar-refractivity contribution < 1.29 is 4.79 Å². The van der Waals surface area contributed by atoms with Crippen LogP contribution in [0.25, 0.3) is 17.1 Å². The Kier molecular flexibility index (Phi) is 8.05. The van der Waals surface area contributed by atoms with Crippen molar-refractivity contribution in [3.63, 3.8) is 0 Å². The van der Waals surface area contributed by atoms with Crippen LogP contribution in [0, 0.1) is 0 Å². The van der Waals surface area contributed by atoms with E-state index in [1.165, 1.54) is 30.2 Å². The predicted octanol–water partition coefficient (Wildman–Crippen LogP) is 4.59. The van der Waals surface area contributed by atoms with Crippen LogP contribution in [0.3, 0.4) is 0 Å². The first-order valence-electron chi connectivity index (χ1n) is 12.4. The number of benzene rings is 2. The van der Waals surface area contributed by atoms with Crippen molar-refractivity contribution in [3.05, 3.63) is 90.8 Å². The number of nitrogens with zero attached hydrogens (tertiary/aromatic N) is 5. The summed E-state index contributed by atoms with van der Waals surface area (Å²) in [6.07, 6.45) is 7.03. The van der Waals surface area contributed by atoms with Gasteiger partial charge in [0, 0.05) is 42.8 Å². The Morgan fingerprint density at radius 3 is 2.56 bits per heavy atom. The summed E-state index contributed by atoms with van der Waals surface area (Å²) in [6.45, 7) is 2.66. The minimum atomic E-state index is 0.00998. The average molecular weight is 499 g/mol. The normalized spacial score (nSPS) is 16.1. The van der Waals surface area contributed by atoms with E-state index < -0.39 is 0 Å². The van der Waals surface area contributed by atoms with Crippen LogP contribution in [0.5, 0.6) is 0 Å². The number of hydrogen-bond donors (Lipinski definition) is 1. The number of rotatable bonds is 9. The molecule has 2 aromatic carbocycles. The summed E-state index contributed by atoms with van der Waals surface area (Å²) in [5.74, 6) is 0.996. The molecule has 1 atom stereocenters. The Hall–Kier alpha value is -3.49. The lowest BCUT2D eigenvalue weighted by Crippen LogP contribution is -2.46. The molecule has 0 spiro atoms. The van der Waals surface area contributed by atoms with Gasteiger partial charge < -0.3 is 5.32 Å². The van der Waals surface area contributed by atoms with Crippen LogP contribution in [0.15, 0.2) is 90.3 Å². The molecule has 4 aromatic rings. The number of hydrogen-bond acceptors (Lipinski definition) is 6. The highest BCUT2D eigenvalue weighted by atomic mass is 32.2. The number of aromatic nitrogens is 4. The van der Waals surface area contributed by atoms with Gasteiger partial charge in [-0.2, -0.15) is 0 Å². The van der Waals surface area contributed by atoms with E-state index >= 15 is 0 Å². The minimum Gasteiger partial charge on any atom is -0.354 e. The fourth-order valence-electron chi connectivity index (χ4n) is 4.59. The van der Waals surface area contributed by atoms with E-state index in [-0.39, 0.29) is 11.7 Å². The molecule has 1 fully saturated rings. The first-order chi connectivity index (χ1) is 17.8. The van der Waals surface area contributed by atoms with Gasteiger partial charge in [-0.1, -0.05) is 66.7 Å². The van der Waals surface area contributed by atoms with Gasteiger partial charge in [-0.15, -0.1) is 10.2 Å². The number of thioether (sulfide) groups is 1. The molecule has 0 aliphatic carbocycles. The Bertz CT molecular complexity index is 1250. The summed E-state index contributed by atoms with van der Waals surface area (Å²) in [6, 6.07) is 24.7. The molecular formula is C28H30N6OS. The molecule has 0 radical (unpaired) electrons. The molecule has 2 aromatic heterocycles. The second kappa shape index (κ2) is 12.0. The van der Waals surface area contributed by atoms with Crippen LogP contribution in [-0.2, 0) is 11.3 Å². The van der Waals surface area contributed by atoms with Crippen LogP contribution >= 0.6 is 11.8 Å². The molecule has 1 amide bonds. The van der Waals surface area contributed by atoms with E-state index in [2.05, 4.69) is 49.7 Å². The molecule has 8 heteroatoms. The molecule has 1 saturated heterocycles. The van der Waals surface area contributed by atoms with Crippen molar-refractivity contribution in [2.75, 3.05) is 18.8 Å². The van der Waals surface area contributed by atoms with Crippen molar-refractivity contribution in [2.24, 2.45) is 0 Å². The number of nitrogens with one attached hydrogen (secondary N) is 1. The van der Waals surface area contributed by atoms with E-state index in [0.717, 1.165) is 30.8 Å². The maximum absolute atomic E-state index is 12.8. The molecule has 1 unspecified atom stereocenters. The topological polar surface area (TPSA) is 75.9 Å². The first-order valence-corrected chi connectivity index (χ1v) is 13.4. The van der Waals surface area contributed by atoms with Gasteiger partial charge in [0.05, 0.1) is 5.75 Å². The number of carbonyl (C=O) groups excluding carboxylic acids is 1. The summed E-state index contributed by atoms with van der Waals surface area (Å²) in [4.78, 5) is 19.6. The molecule has 3 heterocycles. The van der Waals surface area contributed by atoms with E-state index in [9.17, 15) is 4.79 Å². The zero-order valence-corrected chi connectivity index (χ0v) is 21.0. The molecule has 0 bridgehead atoms. The lowest BCUT2D eigenvalue weighted by molar-refractivity contribution is -0.118. The van der Waals surface area contributed by atoms with Crippen LogP contribution in [0.2, 0.25) is 0 Å². The quantitative estimate of drug-likeness (QED) is 0.340. The van der Waals surface area contributed by atoms with E-state index in [1.54, 1.807) is 12.4 Å². The fraction of sp³-hybridized carbons (Fsp3) is 0.286. The zero-order chi connectivity index (χ0) is 24.6. The number of pyridine rings is 1. The van der Waals surface area contributed by atoms with Gasteiger partial charge in [0.1, 0.15) is 0 Å². The maximum Gasteiger partial charge on any atom is 0.230 e. The third-order valence-electron chi connectivity index (χ3n) is 6.41. The Balaban J connectivity index is 1.23. The molecule has 1 aliphatic heterocycles.